The lowest BCUT2D eigenvalue weighted by atomic mass is 10.1. The molecule has 2 rings (SSSR count). The van der Waals surface area contributed by atoms with Crippen molar-refractivity contribution < 1.29 is 18.5 Å². The molecule has 2 atom stereocenters. The third kappa shape index (κ3) is 5.27. The van der Waals surface area contributed by atoms with E-state index in [1.165, 1.54) is 24.3 Å². The molecule has 5 N–H and O–H groups in total. The third-order valence-electron chi connectivity index (χ3n) is 3.84. The van der Waals surface area contributed by atoms with E-state index in [-0.39, 0.29) is 22.9 Å². The molecule has 8 heteroatoms. The zero-order chi connectivity index (χ0) is 18.6. The number of hydrogen-bond donors (Lipinski definition) is 3. The summed E-state index contributed by atoms with van der Waals surface area (Å²) in [4.78, 5) is 12.3. The van der Waals surface area contributed by atoms with E-state index >= 15 is 0 Å². The predicted octanol–water partition coefficient (Wildman–Crippen LogP) is 1.64. The van der Waals surface area contributed by atoms with Gasteiger partial charge in [-0.15, -0.1) is 0 Å². The van der Waals surface area contributed by atoms with Crippen LogP contribution in [0.5, 0.6) is 0 Å². The van der Waals surface area contributed by atoms with Gasteiger partial charge in [-0.1, -0.05) is 29.8 Å². The van der Waals surface area contributed by atoms with Crippen LogP contribution in [0.2, 0.25) is 5.02 Å². The monoisotopic (exact) mass is 382 g/mol. The molecule has 0 radical (unpaired) electrons. The van der Waals surface area contributed by atoms with Crippen molar-refractivity contribution in [3.63, 3.8) is 0 Å². The van der Waals surface area contributed by atoms with Crippen molar-refractivity contribution in [1.82, 2.24) is 0 Å². The highest BCUT2D eigenvalue weighted by molar-refractivity contribution is 7.89. The number of rotatable bonds is 6. The van der Waals surface area contributed by atoms with Crippen LogP contribution in [0, 0.1) is 0 Å². The SMILES string of the molecule is C[C@H]([NH2+][C@H](C)C(=O)Nc1ccc(S(N)(=O)=O)cc1)c1ccccc1Cl. The van der Waals surface area contributed by atoms with E-state index in [1.54, 1.807) is 6.92 Å². The van der Waals surface area contributed by atoms with Gasteiger partial charge in [0.2, 0.25) is 10.0 Å². The summed E-state index contributed by atoms with van der Waals surface area (Å²) in [5.41, 5.74) is 1.46. The first kappa shape index (κ1) is 19.4. The van der Waals surface area contributed by atoms with Gasteiger partial charge in [0.25, 0.3) is 5.91 Å². The van der Waals surface area contributed by atoms with Crippen LogP contribution in [0.25, 0.3) is 0 Å². The van der Waals surface area contributed by atoms with Crippen molar-refractivity contribution >= 4 is 33.2 Å². The molecule has 25 heavy (non-hydrogen) atoms. The highest BCUT2D eigenvalue weighted by Crippen LogP contribution is 2.19. The first-order chi connectivity index (χ1) is 11.7. The second-order valence-electron chi connectivity index (χ2n) is 5.85. The standard InChI is InChI=1S/C17H20ClN3O3S/c1-11(15-5-3-4-6-16(15)18)20-12(2)17(22)21-13-7-9-14(10-8-13)25(19,23)24/h3-12,20H,1-2H3,(H,21,22)(H2,19,23,24)/p+1/t11-,12+/m0/s1. The average Bonchev–Trinajstić information content (AvgIpc) is 2.54. The number of carbonyl (C=O) groups is 1. The summed E-state index contributed by atoms with van der Waals surface area (Å²) in [5, 5.41) is 10.4. The van der Waals surface area contributed by atoms with Crippen molar-refractivity contribution in [1.29, 1.82) is 0 Å². The van der Waals surface area contributed by atoms with Crippen molar-refractivity contribution in [3.8, 4) is 0 Å². The molecule has 1 amide bonds. The molecule has 0 saturated carbocycles. The Bertz CT molecular complexity index is 854. The van der Waals surface area contributed by atoms with Crippen molar-refractivity contribution in [3.05, 3.63) is 59.1 Å². The normalized spacial score (nSPS) is 13.9. The van der Waals surface area contributed by atoms with Gasteiger partial charge in [-0.2, -0.15) is 0 Å². The van der Waals surface area contributed by atoms with E-state index in [0.717, 1.165) is 5.56 Å². The average molecular weight is 383 g/mol. The number of benzene rings is 2. The minimum absolute atomic E-state index is 0.00236. The fraction of sp³-hybridized carbons (Fsp3) is 0.235. The smallest absolute Gasteiger partial charge is 0.282 e. The van der Waals surface area contributed by atoms with Crippen LogP contribution < -0.4 is 15.8 Å². The van der Waals surface area contributed by atoms with E-state index in [1.807, 2.05) is 36.5 Å². The number of nitrogens with one attached hydrogen (secondary N) is 1. The van der Waals surface area contributed by atoms with Crippen molar-refractivity contribution in [2.45, 2.75) is 30.8 Å². The molecule has 0 spiro atoms. The number of sulfonamides is 1. The Hall–Kier alpha value is -1.93. The zero-order valence-electron chi connectivity index (χ0n) is 13.9. The fourth-order valence-corrected chi connectivity index (χ4v) is 3.28. The number of primary sulfonamides is 1. The molecule has 0 saturated heterocycles. The number of nitrogens with two attached hydrogens (primary N) is 2. The van der Waals surface area contributed by atoms with Crippen LogP contribution in [-0.4, -0.2) is 20.4 Å². The fourth-order valence-electron chi connectivity index (χ4n) is 2.45. The Morgan fingerprint density at radius 2 is 1.72 bits per heavy atom. The molecule has 0 aliphatic rings. The van der Waals surface area contributed by atoms with Gasteiger partial charge in [0.05, 0.1) is 4.90 Å². The Balaban J connectivity index is 1.99. The molecule has 134 valence electrons. The number of halogens is 1. The largest absolute Gasteiger partial charge is 0.330 e. The number of quaternary nitrogens is 1. The number of anilines is 1. The number of carbonyl (C=O) groups excluding carboxylic acids is 1. The Kier molecular flexibility index (Phi) is 6.18. The van der Waals surface area contributed by atoms with E-state index in [0.29, 0.717) is 10.7 Å². The van der Waals surface area contributed by atoms with Crippen molar-refractivity contribution in [2.75, 3.05) is 5.32 Å². The summed E-state index contributed by atoms with van der Waals surface area (Å²) in [5.74, 6) is -0.192. The molecule has 0 aliphatic carbocycles. The molecule has 6 nitrogen and oxygen atoms in total. The molecule has 0 aliphatic heterocycles. The molecular formula is C17H21ClN3O3S+. The molecule has 2 aromatic rings. The van der Waals surface area contributed by atoms with Crippen LogP contribution in [0.15, 0.2) is 53.4 Å². The summed E-state index contributed by atoms with van der Waals surface area (Å²) in [6.45, 7) is 3.77. The topological polar surface area (TPSA) is 106 Å². The summed E-state index contributed by atoms with van der Waals surface area (Å²) < 4.78 is 22.5. The second kappa shape index (κ2) is 7.97. The van der Waals surface area contributed by atoms with Crippen molar-refractivity contribution in [2.24, 2.45) is 5.14 Å². The Morgan fingerprint density at radius 1 is 1.12 bits per heavy atom. The maximum absolute atomic E-state index is 12.3. The van der Waals surface area contributed by atoms with Crippen LogP contribution in [0.4, 0.5) is 5.69 Å². The Morgan fingerprint density at radius 3 is 2.28 bits per heavy atom. The van der Waals surface area contributed by atoms with Gasteiger partial charge < -0.3 is 10.6 Å². The van der Waals surface area contributed by atoms with Gasteiger partial charge in [-0.05, 0) is 44.2 Å². The maximum atomic E-state index is 12.3. The van der Waals surface area contributed by atoms with Gasteiger partial charge in [0.1, 0.15) is 6.04 Å². The minimum atomic E-state index is -3.75. The van der Waals surface area contributed by atoms with Gasteiger partial charge in [-0.25, -0.2) is 13.6 Å². The van der Waals surface area contributed by atoms with Gasteiger partial charge in [0.15, 0.2) is 6.04 Å². The molecule has 0 aromatic heterocycles. The molecule has 0 bridgehead atoms. The lowest BCUT2D eigenvalue weighted by Crippen LogP contribution is -2.91. The molecule has 2 aromatic carbocycles. The molecular weight excluding hydrogens is 362 g/mol. The van der Waals surface area contributed by atoms with E-state index < -0.39 is 10.0 Å². The summed E-state index contributed by atoms with van der Waals surface area (Å²) in [7, 11) is -3.75. The van der Waals surface area contributed by atoms with Gasteiger partial charge in [0, 0.05) is 16.3 Å². The van der Waals surface area contributed by atoms with Crippen LogP contribution in [0.3, 0.4) is 0 Å². The first-order valence-electron chi connectivity index (χ1n) is 7.71. The van der Waals surface area contributed by atoms with Gasteiger partial charge >= 0.3 is 0 Å². The number of hydrogen-bond acceptors (Lipinski definition) is 3. The molecule has 0 heterocycles. The summed E-state index contributed by atoms with van der Waals surface area (Å²) in [6, 6.07) is 12.9. The highest BCUT2D eigenvalue weighted by atomic mass is 35.5. The first-order valence-corrected chi connectivity index (χ1v) is 9.64. The minimum Gasteiger partial charge on any atom is -0.330 e. The molecule has 0 fully saturated rings. The highest BCUT2D eigenvalue weighted by Gasteiger charge is 2.21. The van der Waals surface area contributed by atoms with Gasteiger partial charge in [-0.3, -0.25) is 4.79 Å². The lowest BCUT2D eigenvalue weighted by molar-refractivity contribution is -0.709. The van der Waals surface area contributed by atoms with E-state index in [2.05, 4.69) is 5.32 Å². The van der Waals surface area contributed by atoms with E-state index in [4.69, 9.17) is 16.7 Å². The van der Waals surface area contributed by atoms with E-state index in [9.17, 15) is 13.2 Å². The number of amides is 1. The third-order valence-corrected chi connectivity index (χ3v) is 5.11. The Labute approximate surface area is 152 Å². The molecule has 0 unspecified atom stereocenters. The maximum Gasteiger partial charge on any atom is 0.282 e. The lowest BCUT2D eigenvalue weighted by Gasteiger charge is -2.17. The zero-order valence-corrected chi connectivity index (χ0v) is 15.5. The van der Waals surface area contributed by atoms with Crippen LogP contribution in [-0.2, 0) is 14.8 Å². The summed E-state index contributed by atoms with van der Waals surface area (Å²) >= 11 is 6.18. The predicted molar refractivity (Wildman–Crippen MR) is 97.7 cm³/mol. The van der Waals surface area contributed by atoms with Crippen LogP contribution in [0.1, 0.15) is 25.5 Å². The summed E-state index contributed by atoms with van der Waals surface area (Å²) in [6.07, 6.45) is 0. The van der Waals surface area contributed by atoms with Crippen LogP contribution >= 0.6 is 11.6 Å². The quantitative estimate of drug-likeness (QED) is 0.707. The second-order valence-corrected chi connectivity index (χ2v) is 7.82.